The van der Waals surface area contributed by atoms with Crippen molar-refractivity contribution in [1.29, 1.82) is 0 Å². The van der Waals surface area contributed by atoms with E-state index < -0.39 is 5.82 Å². The Bertz CT molecular complexity index is 556. The number of likely N-dealkylation sites (N-methyl/N-ethyl adjacent to an activating group) is 1. The highest BCUT2D eigenvalue weighted by atomic mass is 19.1. The Hall–Kier alpha value is -1.90. The lowest BCUT2D eigenvalue weighted by Crippen LogP contribution is -2.37. The summed E-state index contributed by atoms with van der Waals surface area (Å²) in [5.41, 5.74) is 0.453. The highest BCUT2D eigenvalue weighted by Gasteiger charge is 2.25. The minimum Gasteiger partial charge on any atom is -0.384 e. The molecular weight excluding hydrogens is 261 g/mol. The summed E-state index contributed by atoms with van der Waals surface area (Å²) in [7, 11) is 1.69. The summed E-state index contributed by atoms with van der Waals surface area (Å²) >= 11 is 0. The molecule has 1 fully saturated rings. The summed E-state index contributed by atoms with van der Waals surface area (Å²) in [4.78, 5) is 13.8. The minimum atomic E-state index is -0.562. The third-order valence-corrected chi connectivity index (χ3v) is 3.29. The Morgan fingerprint density at radius 2 is 2.40 bits per heavy atom. The van der Waals surface area contributed by atoms with Gasteiger partial charge < -0.3 is 14.7 Å². The Balaban J connectivity index is 2.16. The van der Waals surface area contributed by atoms with Gasteiger partial charge in [0.2, 0.25) is 0 Å². The highest BCUT2D eigenvalue weighted by molar-refractivity contribution is 5.94. The molecule has 1 aromatic carbocycles. The maximum atomic E-state index is 13.8. The van der Waals surface area contributed by atoms with E-state index in [1.165, 1.54) is 12.1 Å². The van der Waals surface area contributed by atoms with E-state index in [4.69, 9.17) is 9.84 Å². The number of aliphatic hydroxyl groups is 1. The summed E-state index contributed by atoms with van der Waals surface area (Å²) in [6, 6.07) is 4.21. The van der Waals surface area contributed by atoms with Crippen molar-refractivity contribution < 1.29 is 19.0 Å². The van der Waals surface area contributed by atoms with Crippen LogP contribution in [0.2, 0.25) is 0 Å². The molecule has 2 rings (SSSR count). The number of carbonyl (C=O) groups is 1. The minimum absolute atomic E-state index is 0.0411. The van der Waals surface area contributed by atoms with Crippen molar-refractivity contribution in [2.45, 2.75) is 12.5 Å². The number of carbonyl (C=O) groups excluding carboxylic acids is 1. The number of halogens is 1. The largest absolute Gasteiger partial charge is 0.384 e. The van der Waals surface area contributed by atoms with Gasteiger partial charge in [-0.2, -0.15) is 0 Å². The molecule has 5 heteroatoms. The molecule has 0 radical (unpaired) electrons. The molecule has 1 saturated heterocycles. The second kappa shape index (κ2) is 6.51. The van der Waals surface area contributed by atoms with Crippen molar-refractivity contribution in [2.24, 2.45) is 0 Å². The molecule has 1 aliphatic rings. The van der Waals surface area contributed by atoms with Crippen LogP contribution in [0.1, 0.15) is 22.3 Å². The third-order valence-electron chi connectivity index (χ3n) is 3.29. The molecule has 1 unspecified atom stereocenters. The van der Waals surface area contributed by atoms with Crippen LogP contribution in [0.3, 0.4) is 0 Å². The van der Waals surface area contributed by atoms with Gasteiger partial charge in [-0.05, 0) is 24.6 Å². The Morgan fingerprint density at radius 1 is 1.60 bits per heavy atom. The van der Waals surface area contributed by atoms with Gasteiger partial charge in [0.15, 0.2) is 0 Å². The van der Waals surface area contributed by atoms with Gasteiger partial charge in [0.1, 0.15) is 12.4 Å². The molecule has 1 atom stereocenters. The standard InChI is InChI=1S/C15H16FNO3/c1-17(13-6-8-20-10-13)15(19)12-5-4-11(3-2-7-18)14(16)9-12/h4-5,9,13,18H,6-8,10H2,1H3. The number of amides is 1. The van der Waals surface area contributed by atoms with Crippen LogP contribution in [-0.2, 0) is 4.74 Å². The molecule has 0 saturated carbocycles. The summed E-state index contributed by atoms with van der Waals surface area (Å²) in [5.74, 6) is 4.07. The normalized spacial score (nSPS) is 17.4. The van der Waals surface area contributed by atoms with Crippen LogP contribution in [0.25, 0.3) is 0 Å². The Labute approximate surface area is 117 Å². The molecular formula is C15H16FNO3. The lowest BCUT2D eigenvalue weighted by atomic mass is 10.1. The third kappa shape index (κ3) is 3.16. The van der Waals surface area contributed by atoms with Gasteiger partial charge >= 0.3 is 0 Å². The van der Waals surface area contributed by atoms with Crippen molar-refractivity contribution in [3.05, 3.63) is 35.1 Å². The fraction of sp³-hybridized carbons (Fsp3) is 0.400. The van der Waals surface area contributed by atoms with Crippen LogP contribution in [0.5, 0.6) is 0 Å². The van der Waals surface area contributed by atoms with Crippen LogP contribution >= 0.6 is 0 Å². The second-order valence-electron chi connectivity index (χ2n) is 4.59. The van der Waals surface area contributed by atoms with Gasteiger partial charge in [-0.1, -0.05) is 11.8 Å². The quantitative estimate of drug-likeness (QED) is 0.821. The number of nitrogens with zero attached hydrogens (tertiary/aromatic N) is 1. The highest BCUT2D eigenvalue weighted by Crippen LogP contribution is 2.16. The Kier molecular flexibility index (Phi) is 4.72. The van der Waals surface area contributed by atoms with Gasteiger partial charge in [-0.25, -0.2) is 4.39 Å². The lowest BCUT2D eigenvalue weighted by Gasteiger charge is -2.23. The topological polar surface area (TPSA) is 49.8 Å². The zero-order chi connectivity index (χ0) is 14.5. The van der Waals surface area contributed by atoms with Crippen molar-refractivity contribution in [3.8, 4) is 11.8 Å². The molecule has 0 aromatic heterocycles. The van der Waals surface area contributed by atoms with Gasteiger partial charge in [-0.3, -0.25) is 4.79 Å². The zero-order valence-corrected chi connectivity index (χ0v) is 11.2. The number of hydrogen-bond acceptors (Lipinski definition) is 3. The molecule has 1 heterocycles. The first-order valence-electron chi connectivity index (χ1n) is 6.37. The van der Waals surface area contributed by atoms with E-state index in [0.29, 0.717) is 13.2 Å². The van der Waals surface area contributed by atoms with E-state index >= 15 is 0 Å². The molecule has 20 heavy (non-hydrogen) atoms. The van der Waals surface area contributed by atoms with Crippen LogP contribution in [-0.4, -0.2) is 48.8 Å². The van der Waals surface area contributed by atoms with E-state index in [-0.39, 0.29) is 29.7 Å². The molecule has 1 aromatic rings. The predicted molar refractivity (Wildman–Crippen MR) is 71.7 cm³/mol. The number of aliphatic hydroxyl groups excluding tert-OH is 1. The van der Waals surface area contributed by atoms with E-state index in [9.17, 15) is 9.18 Å². The zero-order valence-electron chi connectivity index (χ0n) is 11.2. The summed E-state index contributed by atoms with van der Waals surface area (Å²) in [6.45, 7) is 0.835. The van der Waals surface area contributed by atoms with Crippen molar-refractivity contribution in [2.75, 3.05) is 26.9 Å². The molecule has 0 aliphatic carbocycles. The van der Waals surface area contributed by atoms with Crippen molar-refractivity contribution in [1.82, 2.24) is 4.90 Å². The molecule has 106 valence electrons. The van der Waals surface area contributed by atoms with Crippen molar-refractivity contribution in [3.63, 3.8) is 0 Å². The SMILES string of the molecule is CN(C(=O)c1ccc(C#CCO)c(F)c1)C1CCOC1. The first kappa shape index (κ1) is 14.5. The number of benzene rings is 1. The maximum Gasteiger partial charge on any atom is 0.254 e. The average Bonchev–Trinajstić information content (AvgIpc) is 2.98. The molecule has 1 aliphatic heterocycles. The number of ether oxygens (including phenoxy) is 1. The molecule has 4 nitrogen and oxygen atoms in total. The molecule has 0 spiro atoms. The van der Waals surface area contributed by atoms with E-state index in [1.54, 1.807) is 18.0 Å². The smallest absolute Gasteiger partial charge is 0.254 e. The monoisotopic (exact) mass is 277 g/mol. The maximum absolute atomic E-state index is 13.8. The molecule has 1 amide bonds. The second-order valence-corrected chi connectivity index (χ2v) is 4.59. The first-order chi connectivity index (χ1) is 9.63. The van der Waals surface area contributed by atoms with Gasteiger partial charge in [-0.15, -0.1) is 0 Å². The molecule has 1 N–H and O–H groups in total. The lowest BCUT2D eigenvalue weighted by molar-refractivity contribution is 0.0711. The van der Waals surface area contributed by atoms with Crippen LogP contribution in [0.4, 0.5) is 4.39 Å². The average molecular weight is 277 g/mol. The fourth-order valence-corrected chi connectivity index (χ4v) is 2.08. The van der Waals surface area contributed by atoms with Crippen LogP contribution in [0, 0.1) is 17.7 Å². The summed E-state index contributed by atoms with van der Waals surface area (Å²) in [5, 5.41) is 8.59. The molecule has 0 bridgehead atoms. The van der Waals surface area contributed by atoms with Crippen LogP contribution < -0.4 is 0 Å². The van der Waals surface area contributed by atoms with Gasteiger partial charge in [0, 0.05) is 19.2 Å². The fourth-order valence-electron chi connectivity index (χ4n) is 2.08. The van der Waals surface area contributed by atoms with E-state index in [2.05, 4.69) is 11.8 Å². The van der Waals surface area contributed by atoms with E-state index in [0.717, 1.165) is 6.42 Å². The van der Waals surface area contributed by atoms with Crippen LogP contribution in [0.15, 0.2) is 18.2 Å². The predicted octanol–water partition coefficient (Wildman–Crippen LogP) is 1.03. The van der Waals surface area contributed by atoms with Crippen molar-refractivity contribution >= 4 is 5.91 Å². The van der Waals surface area contributed by atoms with Gasteiger partial charge in [0.05, 0.1) is 18.2 Å². The summed E-state index contributed by atoms with van der Waals surface area (Å²) < 4.78 is 19.0. The van der Waals surface area contributed by atoms with E-state index in [1.807, 2.05) is 0 Å². The summed E-state index contributed by atoms with van der Waals surface area (Å²) in [6.07, 6.45) is 0.796. The van der Waals surface area contributed by atoms with Gasteiger partial charge in [0.25, 0.3) is 5.91 Å². The first-order valence-corrected chi connectivity index (χ1v) is 6.37. The number of hydrogen-bond donors (Lipinski definition) is 1. The number of rotatable bonds is 2. The Morgan fingerprint density at radius 3 is 3.00 bits per heavy atom.